The lowest BCUT2D eigenvalue weighted by atomic mass is 9.62. The van der Waals surface area contributed by atoms with E-state index in [1.165, 1.54) is 11.3 Å². The summed E-state index contributed by atoms with van der Waals surface area (Å²) in [5.74, 6) is 0.732. The van der Waals surface area contributed by atoms with E-state index in [1.807, 2.05) is 0 Å². The van der Waals surface area contributed by atoms with E-state index in [9.17, 15) is 0 Å². The van der Waals surface area contributed by atoms with Gasteiger partial charge in [-0.1, -0.05) is 67.5 Å². The molecule has 118 valence electrons. The Balaban J connectivity index is 2.26. The van der Waals surface area contributed by atoms with Crippen molar-refractivity contribution < 1.29 is 0 Å². The Bertz CT molecular complexity index is 470. The van der Waals surface area contributed by atoms with Gasteiger partial charge >= 0.3 is 0 Å². The largest absolute Gasteiger partial charge is 0.370 e. The van der Waals surface area contributed by atoms with Gasteiger partial charge in [0.15, 0.2) is 0 Å². The fraction of sp³-hybridized carbons (Fsp3) is 0.700. The van der Waals surface area contributed by atoms with Crippen molar-refractivity contribution in [1.82, 2.24) is 0 Å². The fourth-order valence-corrected chi connectivity index (χ4v) is 3.73. The average Bonchev–Trinajstić information content (AvgIpc) is 2.34. The number of benzene rings is 1. The molecule has 1 nitrogen and oxygen atoms in total. The number of piperidine rings is 1. The SMILES string of the molecule is CC1C(C)(C)CN(c2ccc(C(C)(C)C)cc2)CC1(C)C. The minimum Gasteiger partial charge on any atom is -0.370 e. The third-order valence-corrected chi connectivity index (χ3v) is 5.64. The van der Waals surface area contributed by atoms with Gasteiger partial charge in [-0.05, 0) is 39.9 Å². The summed E-state index contributed by atoms with van der Waals surface area (Å²) < 4.78 is 0. The summed E-state index contributed by atoms with van der Waals surface area (Å²) in [6.45, 7) is 21.2. The van der Waals surface area contributed by atoms with E-state index in [2.05, 4.69) is 84.6 Å². The maximum Gasteiger partial charge on any atom is 0.0366 e. The normalized spacial score (nSPS) is 22.4. The quantitative estimate of drug-likeness (QED) is 0.660. The van der Waals surface area contributed by atoms with Gasteiger partial charge in [-0.25, -0.2) is 0 Å². The Labute approximate surface area is 131 Å². The summed E-state index contributed by atoms with van der Waals surface area (Å²) in [5, 5.41) is 0. The summed E-state index contributed by atoms with van der Waals surface area (Å²) in [6.07, 6.45) is 0. The zero-order valence-corrected chi connectivity index (χ0v) is 15.2. The van der Waals surface area contributed by atoms with Crippen LogP contribution in [0.4, 0.5) is 5.69 Å². The van der Waals surface area contributed by atoms with Gasteiger partial charge in [-0.3, -0.25) is 0 Å². The average molecular weight is 287 g/mol. The van der Waals surface area contributed by atoms with Gasteiger partial charge in [0.25, 0.3) is 0 Å². The standard InChI is InChI=1S/C20H33N/c1-15-19(5,6)13-21(14-20(15,7)8)17-11-9-16(10-12-17)18(2,3)4/h9-12,15H,13-14H2,1-8H3. The van der Waals surface area contributed by atoms with Crippen LogP contribution in [0, 0.1) is 16.7 Å². The first-order chi connectivity index (χ1) is 9.43. The minimum atomic E-state index is 0.230. The molecule has 0 spiro atoms. The van der Waals surface area contributed by atoms with Crippen molar-refractivity contribution in [3.63, 3.8) is 0 Å². The Morgan fingerprint density at radius 3 is 1.71 bits per heavy atom. The van der Waals surface area contributed by atoms with E-state index in [-0.39, 0.29) is 5.41 Å². The van der Waals surface area contributed by atoms with Crippen molar-refractivity contribution in [1.29, 1.82) is 0 Å². The first-order valence-electron chi connectivity index (χ1n) is 8.29. The number of anilines is 1. The molecule has 1 aliphatic heterocycles. The highest BCUT2D eigenvalue weighted by Gasteiger charge is 2.44. The molecule has 0 unspecified atom stereocenters. The number of hydrogen-bond acceptors (Lipinski definition) is 1. The van der Waals surface area contributed by atoms with Crippen molar-refractivity contribution >= 4 is 5.69 Å². The van der Waals surface area contributed by atoms with Gasteiger partial charge in [0.1, 0.15) is 0 Å². The molecule has 1 saturated heterocycles. The Morgan fingerprint density at radius 1 is 0.905 bits per heavy atom. The highest BCUT2D eigenvalue weighted by Crippen LogP contribution is 2.46. The van der Waals surface area contributed by atoms with Crippen LogP contribution in [0.15, 0.2) is 24.3 Å². The molecule has 1 heteroatoms. The summed E-state index contributed by atoms with van der Waals surface area (Å²) in [4.78, 5) is 2.58. The molecule has 0 amide bonds. The first kappa shape index (κ1) is 16.4. The van der Waals surface area contributed by atoms with Gasteiger partial charge in [0.05, 0.1) is 0 Å². The summed E-state index contributed by atoms with van der Waals surface area (Å²) in [6, 6.07) is 9.21. The summed E-state index contributed by atoms with van der Waals surface area (Å²) in [7, 11) is 0. The van der Waals surface area contributed by atoms with Crippen LogP contribution in [-0.4, -0.2) is 13.1 Å². The third kappa shape index (κ3) is 3.27. The molecular weight excluding hydrogens is 254 g/mol. The van der Waals surface area contributed by atoms with Crippen LogP contribution in [-0.2, 0) is 5.41 Å². The molecule has 0 aliphatic carbocycles. The van der Waals surface area contributed by atoms with Crippen molar-refractivity contribution in [2.45, 2.75) is 60.8 Å². The molecule has 0 aromatic heterocycles. The summed E-state index contributed by atoms with van der Waals surface area (Å²) in [5.41, 5.74) is 3.72. The molecule has 1 fully saturated rings. The molecule has 0 saturated carbocycles. The van der Waals surface area contributed by atoms with E-state index in [4.69, 9.17) is 0 Å². The van der Waals surface area contributed by atoms with Crippen LogP contribution in [0.25, 0.3) is 0 Å². The maximum atomic E-state index is 2.58. The lowest BCUT2D eigenvalue weighted by Crippen LogP contribution is -2.54. The lowest BCUT2D eigenvalue weighted by molar-refractivity contribution is 0.0641. The van der Waals surface area contributed by atoms with Crippen LogP contribution in [0.5, 0.6) is 0 Å². The van der Waals surface area contributed by atoms with Crippen molar-refractivity contribution in [2.24, 2.45) is 16.7 Å². The zero-order valence-electron chi connectivity index (χ0n) is 15.2. The van der Waals surface area contributed by atoms with Gasteiger partial charge in [-0.2, -0.15) is 0 Å². The van der Waals surface area contributed by atoms with Crippen LogP contribution in [0.1, 0.15) is 61.0 Å². The first-order valence-corrected chi connectivity index (χ1v) is 8.29. The lowest BCUT2D eigenvalue weighted by Gasteiger charge is -2.53. The topological polar surface area (TPSA) is 3.24 Å². The molecule has 0 radical (unpaired) electrons. The second-order valence-corrected chi connectivity index (χ2v) is 9.35. The Kier molecular flexibility index (Phi) is 3.93. The van der Waals surface area contributed by atoms with Crippen LogP contribution in [0.2, 0.25) is 0 Å². The predicted molar refractivity (Wildman–Crippen MR) is 94.1 cm³/mol. The van der Waals surface area contributed by atoms with Crippen LogP contribution < -0.4 is 4.90 Å². The van der Waals surface area contributed by atoms with Gasteiger partial charge in [0.2, 0.25) is 0 Å². The molecule has 0 bridgehead atoms. The van der Waals surface area contributed by atoms with E-state index < -0.39 is 0 Å². The second-order valence-electron chi connectivity index (χ2n) is 9.35. The number of hydrogen-bond donors (Lipinski definition) is 0. The molecular formula is C20H33N. The highest BCUT2D eigenvalue weighted by molar-refractivity contribution is 5.49. The van der Waals surface area contributed by atoms with Crippen molar-refractivity contribution in [3.8, 4) is 0 Å². The molecule has 1 aromatic rings. The summed E-state index contributed by atoms with van der Waals surface area (Å²) >= 11 is 0. The van der Waals surface area contributed by atoms with E-state index >= 15 is 0 Å². The van der Waals surface area contributed by atoms with Gasteiger partial charge in [0, 0.05) is 18.8 Å². The molecule has 1 heterocycles. The monoisotopic (exact) mass is 287 g/mol. The predicted octanol–water partition coefficient (Wildman–Crippen LogP) is 5.49. The molecule has 1 aliphatic rings. The van der Waals surface area contributed by atoms with Crippen molar-refractivity contribution in [3.05, 3.63) is 29.8 Å². The Hall–Kier alpha value is -0.980. The van der Waals surface area contributed by atoms with E-state index in [0.717, 1.165) is 19.0 Å². The smallest absolute Gasteiger partial charge is 0.0366 e. The minimum absolute atomic E-state index is 0.230. The second kappa shape index (κ2) is 5.04. The Morgan fingerprint density at radius 2 is 1.33 bits per heavy atom. The molecule has 1 aromatic carbocycles. The number of rotatable bonds is 1. The molecule has 21 heavy (non-hydrogen) atoms. The van der Waals surface area contributed by atoms with E-state index in [0.29, 0.717) is 10.8 Å². The molecule has 2 rings (SSSR count). The molecule has 0 N–H and O–H groups in total. The van der Waals surface area contributed by atoms with Gasteiger partial charge < -0.3 is 4.90 Å². The zero-order chi connectivity index (χ0) is 16.1. The van der Waals surface area contributed by atoms with Crippen molar-refractivity contribution in [2.75, 3.05) is 18.0 Å². The van der Waals surface area contributed by atoms with Gasteiger partial charge in [-0.15, -0.1) is 0 Å². The molecule has 0 atom stereocenters. The maximum absolute atomic E-state index is 2.58. The third-order valence-electron chi connectivity index (χ3n) is 5.64. The number of nitrogens with zero attached hydrogens (tertiary/aromatic N) is 1. The fourth-order valence-electron chi connectivity index (χ4n) is 3.73. The van der Waals surface area contributed by atoms with Crippen LogP contribution >= 0.6 is 0 Å². The van der Waals surface area contributed by atoms with E-state index in [1.54, 1.807) is 0 Å². The highest BCUT2D eigenvalue weighted by atomic mass is 15.2. The van der Waals surface area contributed by atoms with Crippen LogP contribution in [0.3, 0.4) is 0 Å².